The highest BCUT2D eigenvalue weighted by Gasteiger charge is 2.15. The van der Waals surface area contributed by atoms with E-state index in [0.717, 1.165) is 5.56 Å². The highest BCUT2D eigenvalue weighted by atomic mass is 35.5. The van der Waals surface area contributed by atoms with Crippen LogP contribution in [0.1, 0.15) is 24.2 Å². The number of aliphatic hydroxyl groups is 1. The number of carbonyl (C=O) groups is 1. The minimum absolute atomic E-state index is 0.0927. The number of carbonyl (C=O) groups excluding carboxylic acids is 1. The van der Waals surface area contributed by atoms with E-state index in [-0.39, 0.29) is 24.2 Å². The zero-order valence-corrected chi connectivity index (χ0v) is 13.6. The molecule has 5 heteroatoms. The summed E-state index contributed by atoms with van der Waals surface area (Å²) in [5, 5.41) is 13.4. The first-order valence-corrected chi connectivity index (χ1v) is 7.79. The van der Waals surface area contributed by atoms with Crippen molar-refractivity contribution in [1.29, 1.82) is 0 Å². The van der Waals surface area contributed by atoms with E-state index in [1.165, 1.54) is 24.3 Å². The molecular formula is C18H19ClFNO2. The van der Waals surface area contributed by atoms with Gasteiger partial charge in [-0.05, 0) is 41.8 Å². The van der Waals surface area contributed by atoms with Crippen molar-refractivity contribution >= 4 is 17.5 Å². The SMILES string of the molecule is CC(Cc1ccc(Cl)cc1)C(=O)NCC(O)c1ccc(F)cc1. The van der Waals surface area contributed by atoms with Crippen molar-refractivity contribution < 1.29 is 14.3 Å². The lowest BCUT2D eigenvalue weighted by atomic mass is 10.0. The molecule has 0 spiro atoms. The van der Waals surface area contributed by atoms with Crippen LogP contribution in [0.15, 0.2) is 48.5 Å². The smallest absolute Gasteiger partial charge is 0.223 e. The Labute approximate surface area is 140 Å². The van der Waals surface area contributed by atoms with Gasteiger partial charge in [0.2, 0.25) is 5.91 Å². The van der Waals surface area contributed by atoms with Gasteiger partial charge < -0.3 is 10.4 Å². The summed E-state index contributed by atoms with van der Waals surface area (Å²) < 4.78 is 12.8. The molecule has 122 valence electrons. The third-order valence-corrected chi connectivity index (χ3v) is 3.88. The molecule has 0 saturated carbocycles. The third-order valence-electron chi connectivity index (χ3n) is 3.63. The first kappa shape index (κ1) is 17.4. The fourth-order valence-electron chi connectivity index (χ4n) is 2.24. The summed E-state index contributed by atoms with van der Waals surface area (Å²) in [5.74, 6) is -0.723. The summed E-state index contributed by atoms with van der Waals surface area (Å²) in [5.41, 5.74) is 1.59. The number of amides is 1. The molecule has 0 radical (unpaired) electrons. The van der Waals surface area contributed by atoms with Gasteiger partial charge in [-0.3, -0.25) is 4.79 Å². The van der Waals surface area contributed by atoms with Gasteiger partial charge in [-0.15, -0.1) is 0 Å². The van der Waals surface area contributed by atoms with Crippen molar-refractivity contribution in [2.45, 2.75) is 19.4 Å². The third kappa shape index (κ3) is 5.34. The fourth-order valence-corrected chi connectivity index (χ4v) is 2.37. The average molecular weight is 336 g/mol. The summed E-state index contributed by atoms with van der Waals surface area (Å²) in [6.45, 7) is 1.92. The Morgan fingerprint density at radius 3 is 2.39 bits per heavy atom. The molecule has 2 unspecified atom stereocenters. The van der Waals surface area contributed by atoms with Gasteiger partial charge in [-0.2, -0.15) is 0 Å². The molecule has 0 saturated heterocycles. The summed E-state index contributed by atoms with van der Waals surface area (Å²) in [4.78, 5) is 12.1. The van der Waals surface area contributed by atoms with Gasteiger partial charge in [0, 0.05) is 17.5 Å². The topological polar surface area (TPSA) is 49.3 Å². The van der Waals surface area contributed by atoms with E-state index >= 15 is 0 Å². The van der Waals surface area contributed by atoms with Gasteiger partial charge in [0.1, 0.15) is 5.82 Å². The average Bonchev–Trinajstić information content (AvgIpc) is 2.55. The van der Waals surface area contributed by atoms with E-state index in [0.29, 0.717) is 17.0 Å². The molecule has 0 aromatic heterocycles. The largest absolute Gasteiger partial charge is 0.387 e. The maximum absolute atomic E-state index is 12.8. The van der Waals surface area contributed by atoms with Gasteiger partial charge in [0.15, 0.2) is 0 Å². The molecule has 0 aliphatic rings. The predicted octanol–water partition coefficient (Wildman–Crippen LogP) is 3.51. The number of aliphatic hydroxyl groups excluding tert-OH is 1. The normalized spacial score (nSPS) is 13.4. The molecule has 0 aliphatic carbocycles. The Morgan fingerprint density at radius 2 is 1.78 bits per heavy atom. The maximum Gasteiger partial charge on any atom is 0.223 e. The lowest BCUT2D eigenvalue weighted by Gasteiger charge is -2.15. The molecule has 0 aliphatic heterocycles. The van der Waals surface area contributed by atoms with E-state index in [4.69, 9.17) is 11.6 Å². The fraction of sp³-hybridized carbons (Fsp3) is 0.278. The minimum Gasteiger partial charge on any atom is -0.387 e. The summed E-state index contributed by atoms with van der Waals surface area (Å²) in [6.07, 6.45) is -0.266. The van der Waals surface area contributed by atoms with Gasteiger partial charge in [-0.25, -0.2) is 4.39 Å². The second-order valence-electron chi connectivity index (χ2n) is 5.54. The van der Waals surface area contributed by atoms with Crippen LogP contribution in [0.25, 0.3) is 0 Å². The van der Waals surface area contributed by atoms with Crippen LogP contribution in [-0.4, -0.2) is 17.6 Å². The number of halogens is 2. The second kappa shape index (κ2) is 8.09. The minimum atomic E-state index is -0.859. The van der Waals surface area contributed by atoms with Gasteiger partial charge in [0.25, 0.3) is 0 Å². The van der Waals surface area contributed by atoms with Crippen LogP contribution in [0.3, 0.4) is 0 Å². The van der Waals surface area contributed by atoms with Crippen LogP contribution < -0.4 is 5.32 Å². The molecule has 2 N–H and O–H groups in total. The first-order chi connectivity index (χ1) is 11.0. The molecule has 0 heterocycles. The standard InChI is InChI=1S/C18H19ClFNO2/c1-12(10-13-2-6-15(19)7-3-13)18(23)21-11-17(22)14-4-8-16(20)9-5-14/h2-9,12,17,22H,10-11H2,1H3,(H,21,23). The number of hydrogen-bond donors (Lipinski definition) is 2. The number of nitrogens with one attached hydrogen (secondary N) is 1. The number of benzene rings is 2. The van der Waals surface area contributed by atoms with E-state index in [1.807, 2.05) is 19.1 Å². The Morgan fingerprint density at radius 1 is 1.17 bits per heavy atom. The Hall–Kier alpha value is -1.91. The van der Waals surface area contributed by atoms with Crippen molar-refractivity contribution in [3.05, 3.63) is 70.5 Å². The summed E-state index contributed by atoms with van der Waals surface area (Å²) in [6, 6.07) is 12.9. The number of hydrogen-bond acceptors (Lipinski definition) is 2. The summed E-state index contributed by atoms with van der Waals surface area (Å²) in [7, 11) is 0. The Kier molecular flexibility index (Phi) is 6.13. The van der Waals surface area contributed by atoms with Gasteiger partial charge in [-0.1, -0.05) is 42.8 Å². The zero-order chi connectivity index (χ0) is 16.8. The van der Waals surface area contributed by atoms with Gasteiger partial charge >= 0.3 is 0 Å². The van der Waals surface area contributed by atoms with Crippen LogP contribution >= 0.6 is 11.6 Å². The molecule has 23 heavy (non-hydrogen) atoms. The summed E-state index contributed by atoms with van der Waals surface area (Å²) >= 11 is 5.83. The molecule has 2 rings (SSSR count). The van der Waals surface area contributed by atoms with Crippen molar-refractivity contribution in [3.8, 4) is 0 Å². The molecule has 1 amide bonds. The van der Waals surface area contributed by atoms with Crippen molar-refractivity contribution in [2.75, 3.05) is 6.54 Å². The highest BCUT2D eigenvalue weighted by molar-refractivity contribution is 6.30. The maximum atomic E-state index is 12.8. The van der Waals surface area contributed by atoms with Gasteiger partial charge in [0.05, 0.1) is 6.10 Å². The quantitative estimate of drug-likeness (QED) is 0.848. The predicted molar refractivity (Wildman–Crippen MR) is 88.7 cm³/mol. The van der Waals surface area contributed by atoms with E-state index in [2.05, 4.69) is 5.32 Å². The van der Waals surface area contributed by atoms with Crippen molar-refractivity contribution in [3.63, 3.8) is 0 Å². The molecule has 0 bridgehead atoms. The van der Waals surface area contributed by atoms with E-state index in [1.54, 1.807) is 12.1 Å². The van der Waals surface area contributed by atoms with Crippen LogP contribution in [0.5, 0.6) is 0 Å². The molecule has 3 nitrogen and oxygen atoms in total. The van der Waals surface area contributed by atoms with E-state index in [9.17, 15) is 14.3 Å². The molecule has 0 fully saturated rings. The van der Waals surface area contributed by atoms with Crippen molar-refractivity contribution in [2.24, 2.45) is 5.92 Å². The molecule has 2 atom stereocenters. The monoisotopic (exact) mass is 335 g/mol. The van der Waals surface area contributed by atoms with Crippen LogP contribution in [0.4, 0.5) is 4.39 Å². The lowest BCUT2D eigenvalue weighted by Crippen LogP contribution is -2.33. The Bertz CT molecular complexity index is 643. The van der Waals surface area contributed by atoms with Crippen LogP contribution in [0.2, 0.25) is 5.02 Å². The Balaban J connectivity index is 1.83. The zero-order valence-electron chi connectivity index (χ0n) is 12.8. The number of rotatable bonds is 6. The lowest BCUT2D eigenvalue weighted by molar-refractivity contribution is -0.124. The second-order valence-corrected chi connectivity index (χ2v) is 5.98. The van der Waals surface area contributed by atoms with Crippen molar-refractivity contribution in [1.82, 2.24) is 5.32 Å². The molecule has 2 aromatic carbocycles. The van der Waals surface area contributed by atoms with Crippen LogP contribution in [0, 0.1) is 11.7 Å². The van der Waals surface area contributed by atoms with E-state index < -0.39 is 6.10 Å². The molecular weight excluding hydrogens is 317 g/mol. The first-order valence-electron chi connectivity index (χ1n) is 7.41. The van der Waals surface area contributed by atoms with Crippen LogP contribution in [-0.2, 0) is 11.2 Å². The molecule has 2 aromatic rings. The highest BCUT2D eigenvalue weighted by Crippen LogP contribution is 2.15.